The van der Waals surface area contributed by atoms with Gasteiger partial charge in [-0.15, -0.1) is 0 Å². The maximum Gasteiger partial charge on any atom is 0.337 e. The lowest BCUT2D eigenvalue weighted by atomic mass is 10.1. The topological polar surface area (TPSA) is 81.7 Å². The Bertz CT molecular complexity index is 836. The van der Waals surface area contributed by atoms with Crippen molar-refractivity contribution >= 4 is 29.6 Å². The first kappa shape index (κ1) is 18.9. The number of methoxy groups -OCH3 is 1. The monoisotopic (exact) mass is 353 g/mol. The average molecular weight is 353 g/mol. The highest BCUT2D eigenvalue weighted by Crippen LogP contribution is 2.16. The lowest BCUT2D eigenvalue weighted by molar-refractivity contribution is -0.131. The summed E-state index contributed by atoms with van der Waals surface area (Å²) in [6.07, 6.45) is 1.72. The van der Waals surface area contributed by atoms with Crippen molar-refractivity contribution in [1.82, 2.24) is 0 Å². The molecule has 1 N–H and O–H groups in total. The number of hydrogen-bond acceptors (Lipinski definition) is 5. The molecule has 0 fully saturated rings. The Kier molecular flexibility index (Phi) is 6.27. The minimum Gasteiger partial charge on any atom is -0.465 e. The van der Waals surface area contributed by atoms with E-state index in [2.05, 4.69) is 10.1 Å². The zero-order valence-corrected chi connectivity index (χ0v) is 14.7. The normalized spacial score (nSPS) is 10.8. The predicted molar refractivity (Wildman–Crippen MR) is 97.8 cm³/mol. The van der Waals surface area contributed by atoms with Gasteiger partial charge in [0.25, 0.3) is 5.91 Å². The summed E-state index contributed by atoms with van der Waals surface area (Å²) in [5.74, 6) is -0.638. The zero-order valence-electron chi connectivity index (χ0n) is 14.7. The first-order valence-corrected chi connectivity index (χ1v) is 7.85. The molecule has 134 valence electrons. The number of nitrogens with one attached hydrogen (secondary N) is 1. The van der Waals surface area contributed by atoms with E-state index in [0.29, 0.717) is 22.6 Å². The summed E-state index contributed by atoms with van der Waals surface area (Å²) in [4.78, 5) is 34.6. The van der Waals surface area contributed by atoms with Gasteiger partial charge in [-0.2, -0.15) is 0 Å². The van der Waals surface area contributed by atoms with Gasteiger partial charge in [-0.1, -0.05) is 12.1 Å². The third-order valence-electron chi connectivity index (χ3n) is 3.45. The van der Waals surface area contributed by atoms with Gasteiger partial charge < -0.3 is 14.8 Å². The molecule has 2 aromatic rings. The molecule has 0 aliphatic carbocycles. The van der Waals surface area contributed by atoms with Crippen LogP contribution in [0.3, 0.4) is 0 Å². The molecule has 0 spiro atoms. The molecule has 26 heavy (non-hydrogen) atoms. The van der Waals surface area contributed by atoms with Crippen LogP contribution in [0.5, 0.6) is 5.75 Å². The molecule has 1 amide bonds. The van der Waals surface area contributed by atoms with Crippen molar-refractivity contribution in [3.8, 4) is 5.75 Å². The molecular formula is C20H19NO5. The van der Waals surface area contributed by atoms with E-state index in [4.69, 9.17) is 4.74 Å². The minimum atomic E-state index is -0.434. The highest BCUT2D eigenvalue weighted by Gasteiger charge is 2.08. The molecule has 0 saturated carbocycles. The molecule has 0 radical (unpaired) electrons. The predicted octanol–water partition coefficient (Wildman–Crippen LogP) is 3.44. The fourth-order valence-electron chi connectivity index (χ4n) is 2.15. The molecule has 0 aromatic heterocycles. The van der Waals surface area contributed by atoms with E-state index in [1.165, 1.54) is 14.0 Å². The molecule has 0 saturated heterocycles. The van der Waals surface area contributed by atoms with Crippen LogP contribution in [-0.4, -0.2) is 25.0 Å². The van der Waals surface area contributed by atoms with Crippen molar-refractivity contribution in [2.24, 2.45) is 0 Å². The third-order valence-corrected chi connectivity index (χ3v) is 3.45. The summed E-state index contributed by atoms with van der Waals surface area (Å²) in [5, 5.41) is 2.75. The van der Waals surface area contributed by atoms with Crippen molar-refractivity contribution in [2.75, 3.05) is 12.4 Å². The van der Waals surface area contributed by atoms with Crippen molar-refractivity contribution < 1.29 is 23.9 Å². The van der Waals surface area contributed by atoms with Crippen LogP contribution in [-0.2, 0) is 14.3 Å². The second-order valence-corrected chi connectivity index (χ2v) is 5.51. The summed E-state index contributed by atoms with van der Waals surface area (Å²) < 4.78 is 9.59. The number of anilines is 1. The summed E-state index contributed by atoms with van der Waals surface area (Å²) in [6.45, 7) is 3.03. The quantitative estimate of drug-likeness (QED) is 0.506. The lowest BCUT2D eigenvalue weighted by Gasteiger charge is -2.07. The fourth-order valence-corrected chi connectivity index (χ4v) is 2.15. The smallest absolute Gasteiger partial charge is 0.337 e. The van der Waals surface area contributed by atoms with Gasteiger partial charge in [-0.3, -0.25) is 9.59 Å². The van der Waals surface area contributed by atoms with E-state index in [-0.39, 0.29) is 11.9 Å². The van der Waals surface area contributed by atoms with Crippen LogP contribution in [0.4, 0.5) is 5.69 Å². The number of amides is 1. The molecule has 0 heterocycles. The van der Waals surface area contributed by atoms with Crippen LogP contribution in [0, 0.1) is 0 Å². The summed E-state index contributed by atoms with van der Waals surface area (Å²) in [6, 6.07) is 13.2. The Morgan fingerprint density at radius 2 is 1.54 bits per heavy atom. The van der Waals surface area contributed by atoms with Crippen molar-refractivity contribution in [3.63, 3.8) is 0 Å². The molecule has 0 bridgehead atoms. The zero-order chi connectivity index (χ0) is 19.1. The molecule has 0 unspecified atom stereocenters. The van der Waals surface area contributed by atoms with Gasteiger partial charge in [0.15, 0.2) is 0 Å². The minimum absolute atomic E-state index is 0.264. The van der Waals surface area contributed by atoms with Crippen LogP contribution < -0.4 is 10.1 Å². The molecule has 6 heteroatoms. The molecule has 0 aliphatic rings. The number of ether oxygens (including phenoxy) is 2. The van der Waals surface area contributed by atoms with E-state index < -0.39 is 5.97 Å². The number of esters is 2. The van der Waals surface area contributed by atoms with Crippen LogP contribution >= 0.6 is 0 Å². The Morgan fingerprint density at radius 3 is 2.08 bits per heavy atom. The Hall–Kier alpha value is -3.41. The highest BCUT2D eigenvalue weighted by molar-refractivity contribution is 6.06. The molecule has 2 aromatic carbocycles. The number of benzene rings is 2. The molecular weight excluding hydrogens is 334 g/mol. The average Bonchev–Trinajstić information content (AvgIpc) is 2.62. The van der Waals surface area contributed by atoms with Gasteiger partial charge >= 0.3 is 11.9 Å². The SMILES string of the molecule is COC(=O)c1ccc(NC(=O)/C(C)=C/c2ccc(OC(C)=O)cc2)cc1. The molecule has 2 rings (SSSR count). The van der Waals surface area contributed by atoms with Gasteiger partial charge in [0, 0.05) is 18.2 Å². The Balaban J connectivity index is 2.03. The third kappa shape index (κ3) is 5.31. The van der Waals surface area contributed by atoms with Crippen molar-refractivity contribution in [3.05, 3.63) is 65.2 Å². The number of carbonyl (C=O) groups excluding carboxylic acids is 3. The van der Waals surface area contributed by atoms with Crippen molar-refractivity contribution in [1.29, 1.82) is 0 Å². The highest BCUT2D eigenvalue weighted by atomic mass is 16.5. The molecule has 0 aliphatic heterocycles. The molecule has 0 atom stereocenters. The Morgan fingerprint density at radius 1 is 0.923 bits per heavy atom. The Labute approximate surface area is 151 Å². The lowest BCUT2D eigenvalue weighted by Crippen LogP contribution is -2.12. The van der Waals surface area contributed by atoms with E-state index in [9.17, 15) is 14.4 Å². The summed E-state index contributed by atoms with van der Waals surface area (Å²) in [5.41, 5.74) is 2.28. The number of rotatable bonds is 5. The van der Waals surface area contributed by atoms with Crippen LogP contribution in [0.15, 0.2) is 54.1 Å². The first-order chi connectivity index (χ1) is 12.4. The van der Waals surface area contributed by atoms with E-state index in [0.717, 1.165) is 5.56 Å². The van der Waals surface area contributed by atoms with Crippen LogP contribution in [0.2, 0.25) is 0 Å². The van der Waals surface area contributed by atoms with Gasteiger partial charge in [0.1, 0.15) is 5.75 Å². The van der Waals surface area contributed by atoms with Gasteiger partial charge in [-0.25, -0.2) is 4.79 Å². The van der Waals surface area contributed by atoms with Gasteiger partial charge in [0.05, 0.1) is 12.7 Å². The van der Waals surface area contributed by atoms with Gasteiger partial charge in [-0.05, 0) is 55.0 Å². The molecule has 6 nitrogen and oxygen atoms in total. The van der Waals surface area contributed by atoms with E-state index in [1.807, 2.05) is 0 Å². The number of hydrogen-bond donors (Lipinski definition) is 1. The number of carbonyl (C=O) groups is 3. The summed E-state index contributed by atoms with van der Waals surface area (Å²) >= 11 is 0. The summed E-state index contributed by atoms with van der Waals surface area (Å²) in [7, 11) is 1.31. The van der Waals surface area contributed by atoms with E-state index in [1.54, 1.807) is 61.5 Å². The largest absolute Gasteiger partial charge is 0.465 e. The van der Waals surface area contributed by atoms with Crippen molar-refractivity contribution in [2.45, 2.75) is 13.8 Å². The maximum atomic E-state index is 12.3. The first-order valence-electron chi connectivity index (χ1n) is 7.85. The second kappa shape index (κ2) is 8.62. The standard InChI is InChI=1S/C20H19NO5/c1-13(12-15-4-10-18(11-5-15)26-14(2)22)19(23)21-17-8-6-16(7-9-17)20(24)25-3/h4-12H,1-3H3,(H,21,23)/b13-12+. The second-order valence-electron chi connectivity index (χ2n) is 5.51. The van der Waals surface area contributed by atoms with Crippen LogP contribution in [0.1, 0.15) is 29.8 Å². The van der Waals surface area contributed by atoms with E-state index >= 15 is 0 Å². The van der Waals surface area contributed by atoms with Gasteiger partial charge in [0.2, 0.25) is 0 Å². The fraction of sp³-hybridized carbons (Fsp3) is 0.150. The van der Waals surface area contributed by atoms with Crippen LogP contribution in [0.25, 0.3) is 6.08 Å². The maximum absolute atomic E-state index is 12.3.